The van der Waals surface area contributed by atoms with Gasteiger partial charge in [-0.15, -0.1) is 0 Å². The van der Waals surface area contributed by atoms with Crippen molar-refractivity contribution in [2.24, 2.45) is 11.8 Å². The highest BCUT2D eigenvalue weighted by atomic mass is 16.5. The molecular weight excluding hydrogens is 320 g/mol. The highest BCUT2D eigenvalue weighted by Gasteiger charge is 2.42. The lowest BCUT2D eigenvalue weighted by Crippen LogP contribution is -2.38. The summed E-state index contributed by atoms with van der Waals surface area (Å²) in [5.41, 5.74) is 4.30. The Labute approximate surface area is 146 Å². The van der Waals surface area contributed by atoms with E-state index in [1.54, 1.807) is 19.2 Å². The zero-order valence-corrected chi connectivity index (χ0v) is 14.3. The third-order valence-electron chi connectivity index (χ3n) is 5.76. The normalized spacial score (nSPS) is 23.6. The average molecular weight is 342 g/mol. The van der Waals surface area contributed by atoms with Crippen LogP contribution < -0.4 is 9.47 Å². The third kappa shape index (κ3) is 2.34. The van der Waals surface area contributed by atoms with Gasteiger partial charge in [-0.05, 0) is 71.2 Å². The van der Waals surface area contributed by atoms with E-state index in [0.29, 0.717) is 11.5 Å². The smallest absolute Gasteiger partial charge is 0.160 e. The van der Waals surface area contributed by atoms with Crippen LogP contribution in [0.3, 0.4) is 0 Å². The molecule has 5 nitrogen and oxygen atoms in total. The molecule has 2 aromatic rings. The number of hydrogen-bond donors (Lipinski definition) is 3. The Balaban J connectivity index is 1.94. The second kappa shape index (κ2) is 5.85. The van der Waals surface area contributed by atoms with E-state index in [0.717, 1.165) is 35.1 Å². The number of aromatic hydroxyl groups is 2. The number of ether oxygens (including phenoxy) is 2. The Morgan fingerprint density at radius 2 is 1.44 bits per heavy atom. The zero-order chi connectivity index (χ0) is 17.7. The first kappa shape index (κ1) is 16.1. The highest BCUT2D eigenvalue weighted by molar-refractivity contribution is 5.57. The van der Waals surface area contributed by atoms with Crippen LogP contribution in [0.25, 0.3) is 0 Å². The molecule has 0 aliphatic heterocycles. The first-order valence-electron chi connectivity index (χ1n) is 8.47. The van der Waals surface area contributed by atoms with Crippen molar-refractivity contribution in [2.75, 3.05) is 20.8 Å². The molecule has 0 aromatic heterocycles. The fourth-order valence-corrected chi connectivity index (χ4v) is 4.61. The molecule has 3 unspecified atom stereocenters. The van der Waals surface area contributed by atoms with Crippen molar-refractivity contribution in [3.63, 3.8) is 0 Å². The zero-order valence-electron chi connectivity index (χ0n) is 14.3. The monoisotopic (exact) mass is 342 g/mol. The Morgan fingerprint density at radius 3 is 2.08 bits per heavy atom. The molecule has 2 bridgehead atoms. The van der Waals surface area contributed by atoms with Crippen LogP contribution >= 0.6 is 0 Å². The van der Waals surface area contributed by atoms with Gasteiger partial charge in [-0.2, -0.15) is 0 Å². The Bertz CT molecular complexity index is 829. The molecule has 0 spiro atoms. The summed E-state index contributed by atoms with van der Waals surface area (Å²) in [6, 6.07) is 7.30. The molecular formula is C20H22O5. The molecule has 5 heteroatoms. The fourth-order valence-electron chi connectivity index (χ4n) is 4.61. The topological polar surface area (TPSA) is 79.2 Å². The van der Waals surface area contributed by atoms with Crippen LogP contribution in [0.15, 0.2) is 24.3 Å². The van der Waals surface area contributed by atoms with Gasteiger partial charge in [0.1, 0.15) is 0 Å². The van der Waals surface area contributed by atoms with Gasteiger partial charge >= 0.3 is 0 Å². The molecule has 2 aliphatic carbocycles. The molecule has 0 radical (unpaired) electrons. The molecule has 0 fully saturated rings. The van der Waals surface area contributed by atoms with Gasteiger partial charge in [0.15, 0.2) is 23.0 Å². The van der Waals surface area contributed by atoms with E-state index in [2.05, 4.69) is 0 Å². The summed E-state index contributed by atoms with van der Waals surface area (Å²) in [6.45, 7) is 0.0875. The minimum Gasteiger partial charge on any atom is -0.504 e. The van der Waals surface area contributed by atoms with E-state index in [9.17, 15) is 15.3 Å². The number of phenols is 2. The summed E-state index contributed by atoms with van der Waals surface area (Å²) in [6.07, 6.45) is 1.62. The molecule has 4 rings (SSSR count). The summed E-state index contributed by atoms with van der Waals surface area (Å²) < 4.78 is 10.5. The largest absolute Gasteiger partial charge is 0.504 e. The van der Waals surface area contributed by atoms with Crippen molar-refractivity contribution in [1.29, 1.82) is 0 Å². The van der Waals surface area contributed by atoms with E-state index in [1.165, 1.54) is 7.11 Å². The molecule has 3 N–H and O–H groups in total. The van der Waals surface area contributed by atoms with Gasteiger partial charge in [0.2, 0.25) is 0 Å². The highest BCUT2D eigenvalue weighted by Crippen LogP contribution is 2.53. The Morgan fingerprint density at radius 1 is 0.880 bits per heavy atom. The minimum absolute atomic E-state index is 0.0335. The summed E-state index contributed by atoms with van der Waals surface area (Å²) in [4.78, 5) is 0. The number of aliphatic hydroxyl groups is 1. The van der Waals surface area contributed by atoms with Crippen LogP contribution in [-0.4, -0.2) is 36.1 Å². The maximum atomic E-state index is 10.3. The van der Waals surface area contributed by atoms with Crippen molar-refractivity contribution >= 4 is 0 Å². The van der Waals surface area contributed by atoms with Gasteiger partial charge in [0.25, 0.3) is 0 Å². The van der Waals surface area contributed by atoms with Gasteiger partial charge in [-0.1, -0.05) is 0 Å². The molecule has 3 atom stereocenters. The number of aliphatic hydroxyl groups excluding tert-OH is 1. The lowest BCUT2D eigenvalue weighted by Gasteiger charge is -2.44. The van der Waals surface area contributed by atoms with Crippen molar-refractivity contribution in [2.45, 2.75) is 18.8 Å². The van der Waals surface area contributed by atoms with Crippen LogP contribution in [0.5, 0.6) is 23.0 Å². The number of hydrogen-bond acceptors (Lipinski definition) is 5. The first-order valence-corrected chi connectivity index (χ1v) is 8.47. The van der Waals surface area contributed by atoms with Crippen LogP contribution in [0.2, 0.25) is 0 Å². The Kier molecular flexibility index (Phi) is 3.76. The van der Waals surface area contributed by atoms with Crippen molar-refractivity contribution < 1.29 is 24.8 Å². The molecule has 0 saturated carbocycles. The van der Waals surface area contributed by atoms with E-state index in [1.807, 2.05) is 12.1 Å². The van der Waals surface area contributed by atoms with E-state index >= 15 is 0 Å². The molecule has 25 heavy (non-hydrogen) atoms. The maximum Gasteiger partial charge on any atom is 0.160 e. The van der Waals surface area contributed by atoms with Gasteiger partial charge in [-0.3, -0.25) is 0 Å². The van der Waals surface area contributed by atoms with E-state index in [-0.39, 0.29) is 35.9 Å². The molecule has 0 saturated heterocycles. The number of phenolic OH excluding ortho intramolecular Hbond substituents is 2. The minimum atomic E-state index is -0.0335. The van der Waals surface area contributed by atoms with Crippen LogP contribution in [-0.2, 0) is 12.8 Å². The lowest BCUT2D eigenvalue weighted by atomic mass is 9.60. The summed E-state index contributed by atoms with van der Waals surface area (Å²) >= 11 is 0. The third-order valence-corrected chi connectivity index (χ3v) is 5.76. The summed E-state index contributed by atoms with van der Waals surface area (Å²) in [5, 5.41) is 30.4. The molecule has 132 valence electrons. The molecule has 0 amide bonds. The summed E-state index contributed by atoms with van der Waals surface area (Å²) in [5.74, 6) is 1.49. The quantitative estimate of drug-likeness (QED) is 0.799. The first-order chi connectivity index (χ1) is 12.1. The van der Waals surface area contributed by atoms with E-state index in [4.69, 9.17) is 9.47 Å². The number of benzene rings is 2. The SMILES string of the molecule is COc1cc2c(cc1O)C1c3cc(OC)c(O)cc3CC(C2)C1CO. The number of rotatable bonds is 3. The molecule has 0 heterocycles. The van der Waals surface area contributed by atoms with Crippen molar-refractivity contribution in [1.82, 2.24) is 0 Å². The van der Waals surface area contributed by atoms with Gasteiger partial charge in [0, 0.05) is 12.5 Å². The second-order valence-corrected chi connectivity index (χ2v) is 6.94. The standard InChI is InChI=1S/C20H22O5/c1-24-18-6-12-4-10-3-11-5-16(22)19(25-2)8-14(11)20(15(10)9-21)13(12)7-17(18)23/h5-8,10,15,20-23H,3-4,9H2,1-2H3. The molecule has 2 aromatic carbocycles. The average Bonchev–Trinajstić information content (AvgIpc) is 2.60. The van der Waals surface area contributed by atoms with E-state index < -0.39 is 0 Å². The van der Waals surface area contributed by atoms with Crippen LogP contribution in [0.4, 0.5) is 0 Å². The fraction of sp³-hybridized carbons (Fsp3) is 0.400. The van der Waals surface area contributed by atoms with Gasteiger partial charge in [0.05, 0.1) is 14.2 Å². The second-order valence-electron chi connectivity index (χ2n) is 6.94. The van der Waals surface area contributed by atoms with Crippen molar-refractivity contribution in [3.8, 4) is 23.0 Å². The van der Waals surface area contributed by atoms with Crippen molar-refractivity contribution in [3.05, 3.63) is 46.5 Å². The van der Waals surface area contributed by atoms with Gasteiger partial charge in [-0.25, -0.2) is 0 Å². The maximum absolute atomic E-state index is 10.3. The number of fused-ring (bicyclic) bond motifs is 6. The Hall–Kier alpha value is -2.40. The predicted octanol–water partition coefficient (Wildman–Crippen LogP) is 2.58. The summed E-state index contributed by atoms with van der Waals surface area (Å²) in [7, 11) is 3.08. The van der Waals surface area contributed by atoms with Gasteiger partial charge < -0.3 is 24.8 Å². The van der Waals surface area contributed by atoms with Crippen LogP contribution in [0.1, 0.15) is 28.2 Å². The van der Waals surface area contributed by atoms with Crippen LogP contribution in [0, 0.1) is 11.8 Å². The molecule has 2 aliphatic rings. The number of methoxy groups -OCH3 is 2. The lowest BCUT2D eigenvalue weighted by molar-refractivity contribution is 0.140. The predicted molar refractivity (Wildman–Crippen MR) is 92.6 cm³/mol.